The number of nitrogens with one attached hydrogen (secondary N) is 3. The fraction of sp³-hybridized carbons (Fsp3) is 0.500. The maximum absolute atomic E-state index is 12.9. The minimum atomic E-state index is -1.17. The van der Waals surface area contributed by atoms with Gasteiger partial charge in [-0.2, -0.15) is 0 Å². The number of nitrogens with zero attached hydrogens (tertiary/aromatic N) is 2. The summed E-state index contributed by atoms with van der Waals surface area (Å²) in [6.07, 6.45) is 3.46. The third kappa shape index (κ3) is 9.78. The maximum atomic E-state index is 12.9. The number of aromatic amines is 1. The Labute approximate surface area is 215 Å². The van der Waals surface area contributed by atoms with Crippen LogP contribution in [-0.4, -0.2) is 69.8 Å². The number of aliphatic carboxylic acids is 1. The summed E-state index contributed by atoms with van der Waals surface area (Å²) in [6, 6.07) is 5.53. The highest BCUT2D eigenvalue weighted by molar-refractivity contribution is 6.18. The fourth-order valence-electron chi connectivity index (χ4n) is 3.62. The van der Waals surface area contributed by atoms with E-state index in [-0.39, 0.29) is 24.7 Å². The summed E-state index contributed by atoms with van der Waals surface area (Å²) < 4.78 is 0. The van der Waals surface area contributed by atoms with E-state index >= 15 is 0 Å². The molecule has 0 aliphatic carbocycles. The van der Waals surface area contributed by atoms with Crippen LogP contribution in [0.5, 0.6) is 0 Å². The van der Waals surface area contributed by atoms with E-state index in [0.717, 1.165) is 11.3 Å². The normalized spacial score (nSPS) is 12.7. The molecule has 11 heteroatoms. The molecule has 0 spiro atoms. The second-order valence-electron chi connectivity index (χ2n) is 8.64. The summed E-state index contributed by atoms with van der Waals surface area (Å²) in [7, 11) is 0. The molecule has 1 aromatic carbocycles. The molecular formula is C24H33Cl2N5O4. The number of amides is 2. The Morgan fingerprint density at radius 3 is 2.23 bits per heavy atom. The lowest BCUT2D eigenvalue weighted by molar-refractivity contribution is -0.142. The molecule has 2 atom stereocenters. The number of anilines is 1. The molecule has 4 N–H and O–H groups in total. The Morgan fingerprint density at radius 2 is 1.71 bits per heavy atom. The van der Waals surface area contributed by atoms with E-state index in [1.807, 2.05) is 38.1 Å². The Morgan fingerprint density at radius 1 is 1.06 bits per heavy atom. The largest absolute Gasteiger partial charge is 0.480 e. The number of carbonyl (C=O) groups excluding carboxylic acids is 2. The first-order valence-corrected chi connectivity index (χ1v) is 12.6. The summed E-state index contributed by atoms with van der Waals surface area (Å²) in [4.78, 5) is 46.1. The lowest BCUT2D eigenvalue weighted by Crippen LogP contribution is -2.52. The van der Waals surface area contributed by atoms with Gasteiger partial charge in [0.05, 0.1) is 12.7 Å². The summed E-state index contributed by atoms with van der Waals surface area (Å²) in [5.74, 6) is -0.962. The molecule has 0 saturated carbocycles. The smallest absolute Gasteiger partial charge is 0.326 e. The summed E-state index contributed by atoms with van der Waals surface area (Å²) in [6.45, 7) is 5.19. The van der Waals surface area contributed by atoms with Crippen molar-refractivity contribution in [2.75, 3.05) is 29.7 Å². The van der Waals surface area contributed by atoms with Crippen molar-refractivity contribution < 1.29 is 19.5 Å². The molecule has 2 amide bonds. The molecule has 35 heavy (non-hydrogen) atoms. The number of aromatic nitrogens is 2. The number of halogens is 2. The lowest BCUT2D eigenvalue weighted by Gasteiger charge is -2.23. The molecule has 0 radical (unpaired) electrons. The number of H-pyrrole nitrogens is 1. The van der Waals surface area contributed by atoms with Gasteiger partial charge in [-0.1, -0.05) is 26.0 Å². The van der Waals surface area contributed by atoms with Crippen LogP contribution >= 0.6 is 23.2 Å². The molecule has 0 aliphatic heterocycles. The Bertz CT molecular complexity index is 932. The molecule has 1 aromatic heterocycles. The highest BCUT2D eigenvalue weighted by Crippen LogP contribution is 2.16. The number of carbonyl (C=O) groups is 3. The van der Waals surface area contributed by atoms with Crippen LogP contribution in [0.3, 0.4) is 0 Å². The summed E-state index contributed by atoms with van der Waals surface area (Å²) in [5.41, 5.74) is 2.33. The van der Waals surface area contributed by atoms with Crippen LogP contribution in [0.25, 0.3) is 0 Å². The topological polar surface area (TPSA) is 127 Å². The van der Waals surface area contributed by atoms with Gasteiger partial charge in [0.15, 0.2) is 0 Å². The van der Waals surface area contributed by atoms with Crippen LogP contribution in [0.15, 0.2) is 36.8 Å². The van der Waals surface area contributed by atoms with Crippen LogP contribution in [-0.2, 0) is 27.2 Å². The molecular weight excluding hydrogens is 493 g/mol. The van der Waals surface area contributed by atoms with E-state index in [2.05, 4.69) is 25.5 Å². The molecule has 2 aromatic rings. The van der Waals surface area contributed by atoms with Gasteiger partial charge in [-0.3, -0.25) is 9.59 Å². The first-order valence-electron chi connectivity index (χ1n) is 11.5. The van der Waals surface area contributed by atoms with Crippen LogP contribution < -0.4 is 15.5 Å². The maximum Gasteiger partial charge on any atom is 0.326 e. The minimum Gasteiger partial charge on any atom is -0.480 e. The predicted molar refractivity (Wildman–Crippen MR) is 137 cm³/mol. The van der Waals surface area contributed by atoms with Gasteiger partial charge in [0, 0.05) is 48.8 Å². The van der Waals surface area contributed by atoms with E-state index in [4.69, 9.17) is 23.2 Å². The number of hydrogen-bond acceptors (Lipinski definition) is 5. The second kappa shape index (κ2) is 14.6. The quantitative estimate of drug-likeness (QED) is 0.264. The Balaban J connectivity index is 2.02. The number of alkyl halides is 2. The van der Waals surface area contributed by atoms with Gasteiger partial charge in [-0.15, -0.1) is 23.2 Å². The van der Waals surface area contributed by atoms with Crippen molar-refractivity contribution in [2.24, 2.45) is 5.92 Å². The van der Waals surface area contributed by atoms with Crippen molar-refractivity contribution in [3.63, 3.8) is 0 Å². The number of carboxylic acid groups (broad SMARTS) is 1. The molecule has 0 bridgehead atoms. The van der Waals surface area contributed by atoms with Gasteiger partial charge >= 0.3 is 5.97 Å². The molecule has 0 unspecified atom stereocenters. The number of imidazole rings is 1. The molecule has 2 rings (SSSR count). The Hall–Kier alpha value is -2.78. The number of carboxylic acids is 1. The third-order valence-electron chi connectivity index (χ3n) is 5.33. The minimum absolute atomic E-state index is 0.0558. The molecule has 9 nitrogen and oxygen atoms in total. The van der Waals surface area contributed by atoms with Gasteiger partial charge in [-0.25, -0.2) is 9.78 Å². The van der Waals surface area contributed by atoms with Gasteiger partial charge in [0.1, 0.15) is 12.1 Å². The average Bonchev–Trinajstić information content (AvgIpc) is 3.31. The van der Waals surface area contributed by atoms with Gasteiger partial charge in [-0.05, 0) is 30.0 Å². The van der Waals surface area contributed by atoms with E-state index in [1.165, 1.54) is 12.5 Å². The summed E-state index contributed by atoms with van der Waals surface area (Å²) >= 11 is 11.7. The third-order valence-corrected chi connectivity index (χ3v) is 5.67. The van der Waals surface area contributed by atoms with Crippen LogP contribution in [0.1, 0.15) is 31.5 Å². The Kier molecular flexibility index (Phi) is 11.9. The van der Waals surface area contributed by atoms with Crippen molar-refractivity contribution in [3.8, 4) is 0 Å². The highest BCUT2D eigenvalue weighted by atomic mass is 35.5. The number of rotatable bonds is 15. The van der Waals surface area contributed by atoms with Crippen molar-refractivity contribution in [3.05, 3.63) is 48.0 Å². The monoisotopic (exact) mass is 525 g/mol. The molecule has 0 saturated heterocycles. The zero-order chi connectivity index (χ0) is 25.8. The average molecular weight is 526 g/mol. The molecule has 0 aliphatic rings. The molecule has 192 valence electrons. The molecule has 0 fully saturated rings. The highest BCUT2D eigenvalue weighted by Gasteiger charge is 2.27. The fourth-order valence-corrected chi connectivity index (χ4v) is 4.03. The van der Waals surface area contributed by atoms with E-state index < -0.39 is 24.0 Å². The first-order chi connectivity index (χ1) is 16.7. The number of benzene rings is 1. The molecule has 1 heterocycles. The summed E-state index contributed by atoms with van der Waals surface area (Å²) in [5, 5.41) is 14.8. The first kappa shape index (κ1) is 28.5. The SMILES string of the molecule is CC(C)C[C@H](NC(=O)Cc1ccc(N(CCCl)CCCl)cc1)C(=O)N[C@@H](Cc1cnc[nH]1)C(=O)O. The van der Waals surface area contributed by atoms with Crippen molar-refractivity contribution in [1.29, 1.82) is 0 Å². The van der Waals surface area contributed by atoms with Gasteiger partial charge in [0.25, 0.3) is 0 Å². The van der Waals surface area contributed by atoms with Crippen molar-refractivity contribution in [1.82, 2.24) is 20.6 Å². The second-order valence-corrected chi connectivity index (χ2v) is 9.39. The zero-order valence-electron chi connectivity index (χ0n) is 20.0. The van der Waals surface area contributed by atoms with E-state index in [0.29, 0.717) is 37.0 Å². The van der Waals surface area contributed by atoms with Crippen LogP contribution in [0, 0.1) is 5.92 Å². The van der Waals surface area contributed by atoms with Crippen LogP contribution in [0.2, 0.25) is 0 Å². The van der Waals surface area contributed by atoms with Crippen molar-refractivity contribution in [2.45, 2.75) is 45.2 Å². The van der Waals surface area contributed by atoms with Crippen LogP contribution in [0.4, 0.5) is 5.69 Å². The standard InChI is InChI=1S/C24H33Cl2N5O4/c1-16(2)11-20(23(33)30-21(24(34)35)13-18-14-27-15-28-18)29-22(32)12-17-3-5-19(6-4-17)31(9-7-25)10-8-26/h3-6,14-16,20-21H,7-13H2,1-2H3,(H,27,28)(H,29,32)(H,30,33)(H,34,35)/t20-,21-/m0/s1. The van der Waals surface area contributed by atoms with E-state index in [9.17, 15) is 19.5 Å². The van der Waals surface area contributed by atoms with E-state index in [1.54, 1.807) is 0 Å². The van der Waals surface area contributed by atoms with Gasteiger partial charge in [0.2, 0.25) is 11.8 Å². The van der Waals surface area contributed by atoms with Crippen molar-refractivity contribution >= 4 is 46.7 Å². The van der Waals surface area contributed by atoms with Gasteiger partial charge < -0.3 is 25.6 Å². The number of hydrogen-bond donors (Lipinski definition) is 4. The zero-order valence-corrected chi connectivity index (χ0v) is 21.5. The predicted octanol–water partition coefficient (Wildman–Crippen LogP) is 2.58. The lowest BCUT2D eigenvalue weighted by atomic mass is 10.0.